The molecule has 0 atom stereocenters. The first-order valence-corrected chi connectivity index (χ1v) is 0. The predicted octanol–water partition coefficient (Wildman–Crippen LogP) is -2.03. The summed E-state index contributed by atoms with van der Waals surface area (Å²) >= 11 is 0. The first-order valence-electron chi connectivity index (χ1n) is 0. The van der Waals surface area contributed by atoms with Crippen LogP contribution in [0.15, 0.2) is 0 Å². The van der Waals surface area contributed by atoms with Crippen LogP contribution in [-0.2, 0) is 22.4 Å². The van der Waals surface area contributed by atoms with Gasteiger partial charge in [0.25, 0.3) is 0 Å². The van der Waals surface area contributed by atoms with E-state index < -0.39 is 0 Å². The molecule has 0 aliphatic rings. The third-order valence-corrected chi connectivity index (χ3v) is 0. The van der Waals surface area contributed by atoms with E-state index in [2.05, 4.69) is 0 Å². The van der Waals surface area contributed by atoms with Crippen LogP contribution in [-0.4, -0.2) is 21.9 Å². The van der Waals surface area contributed by atoms with Gasteiger partial charge in [-0.25, -0.2) is 0 Å². The monoisotopic (exact) mass is 171 g/mol. The smallest absolute Gasteiger partial charge is 0 e. The molecular formula is H4AgO2Si. The minimum absolute atomic E-state index is 0. The van der Waals surface area contributed by atoms with E-state index in [9.17, 15) is 0 Å². The quantitative estimate of drug-likeness (QED) is 0.378. The Kier molecular flexibility index (Phi) is 994. The van der Waals surface area contributed by atoms with E-state index >= 15 is 0 Å². The number of hydrogen-bond donors (Lipinski definition) is 0. The van der Waals surface area contributed by atoms with Crippen LogP contribution in [0.4, 0.5) is 0 Å². The molecule has 0 saturated heterocycles. The molecule has 0 unspecified atom stereocenters. The Morgan fingerprint density at radius 3 is 0.750 bits per heavy atom. The van der Waals surface area contributed by atoms with E-state index in [1.807, 2.05) is 0 Å². The maximum atomic E-state index is 0. The van der Waals surface area contributed by atoms with Gasteiger partial charge < -0.3 is 11.0 Å². The Labute approximate surface area is 44.7 Å². The molecule has 0 heterocycles. The maximum Gasteiger partial charge on any atom is 0 e. The molecule has 0 fully saturated rings. The molecule has 0 aromatic rings. The summed E-state index contributed by atoms with van der Waals surface area (Å²) in [7, 11) is 0. The summed E-state index contributed by atoms with van der Waals surface area (Å²) in [6, 6.07) is 0. The summed E-state index contributed by atoms with van der Waals surface area (Å²) in [5, 5.41) is 0. The minimum atomic E-state index is 0. The summed E-state index contributed by atoms with van der Waals surface area (Å²) in [6.07, 6.45) is 0. The van der Waals surface area contributed by atoms with Gasteiger partial charge in [0, 0.05) is 33.3 Å². The summed E-state index contributed by atoms with van der Waals surface area (Å²) in [5.41, 5.74) is 0. The van der Waals surface area contributed by atoms with Gasteiger partial charge in [0.15, 0.2) is 0 Å². The number of hydrogen-bond acceptors (Lipinski definition) is 0. The molecule has 0 spiro atoms. The molecule has 5 radical (unpaired) electrons. The third-order valence-electron chi connectivity index (χ3n) is 0. The molecule has 31 valence electrons. The average Bonchev–Trinajstić information content (AvgIpc) is 0. The van der Waals surface area contributed by atoms with Crippen LogP contribution in [0, 0.1) is 0 Å². The van der Waals surface area contributed by atoms with Crippen molar-refractivity contribution in [2.24, 2.45) is 0 Å². The van der Waals surface area contributed by atoms with Gasteiger partial charge >= 0.3 is 0 Å². The summed E-state index contributed by atoms with van der Waals surface area (Å²) < 4.78 is 0. The van der Waals surface area contributed by atoms with Crippen LogP contribution in [0.5, 0.6) is 0 Å². The van der Waals surface area contributed by atoms with Crippen molar-refractivity contribution >= 4 is 11.0 Å². The molecule has 4 N–H and O–H groups in total. The van der Waals surface area contributed by atoms with Crippen molar-refractivity contribution in [3.8, 4) is 0 Å². The zero-order valence-corrected chi connectivity index (χ0v) is 4.28. The Morgan fingerprint density at radius 1 is 0.750 bits per heavy atom. The average molecular weight is 172 g/mol. The van der Waals surface area contributed by atoms with Crippen molar-refractivity contribution in [2.75, 3.05) is 0 Å². The fourth-order valence-corrected chi connectivity index (χ4v) is 0. The summed E-state index contributed by atoms with van der Waals surface area (Å²) in [5.74, 6) is 0. The molecule has 0 aromatic carbocycles. The van der Waals surface area contributed by atoms with Crippen molar-refractivity contribution in [2.45, 2.75) is 0 Å². The van der Waals surface area contributed by atoms with Crippen LogP contribution < -0.4 is 0 Å². The van der Waals surface area contributed by atoms with Gasteiger partial charge in [-0.1, -0.05) is 0 Å². The summed E-state index contributed by atoms with van der Waals surface area (Å²) in [6.45, 7) is 0. The van der Waals surface area contributed by atoms with Gasteiger partial charge in [-0.15, -0.1) is 0 Å². The van der Waals surface area contributed by atoms with Gasteiger partial charge in [0.05, 0.1) is 0 Å². The van der Waals surface area contributed by atoms with E-state index in [0.717, 1.165) is 0 Å². The third kappa shape index (κ3) is 13.2. The molecule has 0 rings (SSSR count). The first kappa shape index (κ1) is 95.3. The molecule has 2 nitrogen and oxygen atoms in total. The van der Waals surface area contributed by atoms with Crippen molar-refractivity contribution in [3.63, 3.8) is 0 Å². The Bertz CT molecular complexity index is 6.00. The van der Waals surface area contributed by atoms with Crippen LogP contribution >= 0.6 is 0 Å². The van der Waals surface area contributed by atoms with E-state index in [0.29, 0.717) is 0 Å². The molecule has 0 aromatic heterocycles. The normalized spacial score (nSPS) is 0. The Hall–Kier alpha value is 0.877. The van der Waals surface area contributed by atoms with Crippen molar-refractivity contribution < 1.29 is 33.3 Å². The van der Waals surface area contributed by atoms with Crippen molar-refractivity contribution in [1.82, 2.24) is 0 Å². The zero-order valence-electron chi connectivity index (χ0n) is 1.80. The van der Waals surface area contributed by atoms with E-state index in [1.54, 1.807) is 0 Å². The molecule has 4 heteroatoms. The minimum Gasteiger partial charge on any atom is -0.412 e. The standard InChI is InChI=1S/Ag.2H2O.Si/h;2*1H2;. The largest absolute Gasteiger partial charge is 0.412 e. The second-order valence-electron chi connectivity index (χ2n) is 0. The van der Waals surface area contributed by atoms with Gasteiger partial charge in [-0.3, -0.25) is 0 Å². The first-order chi connectivity index (χ1) is 0. The van der Waals surface area contributed by atoms with Crippen molar-refractivity contribution in [1.29, 1.82) is 0 Å². The molecule has 0 aliphatic heterocycles. The molecule has 0 bridgehead atoms. The molecule has 4 heavy (non-hydrogen) atoms. The van der Waals surface area contributed by atoms with E-state index in [4.69, 9.17) is 0 Å². The van der Waals surface area contributed by atoms with E-state index in [1.165, 1.54) is 0 Å². The van der Waals surface area contributed by atoms with Gasteiger partial charge in [0.1, 0.15) is 0 Å². The van der Waals surface area contributed by atoms with Crippen LogP contribution in [0.3, 0.4) is 0 Å². The zero-order chi connectivity index (χ0) is 0. The van der Waals surface area contributed by atoms with Crippen molar-refractivity contribution in [3.05, 3.63) is 0 Å². The second-order valence-corrected chi connectivity index (χ2v) is 0. The predicted molar refractivity (Wildman–Crippen MR) is 13.0 cm³/mol. The molecule has 0 amide bonds. The SMILES string of the molecule is O.O.[Ag].[Si]. The molecule has 0 saturated carbocycles. The van der Waals surface area contributed by atoms with Gasteiger partial charge in [0.2, 0.25) is 0 Å². The fourth-order valence-electron chi connectivity index (χ4n) is 0. The van der Waals surface area contributed by atoms with Crippen LogP contribution in [0.2, 0.25) is 0 Å². The second kappa shape index (κ2) is 41.7. The Morgan fingerprint density at radius 2 is 0.750 bits per heavy atom. The Balaban J connectivity index is 0. The summed E-state index contributed by atoms with van der Waals surface area (Å²) in [4.78, 5) is 0. The van der Waals surface area contributed by atoms with Gasteiger partial charge in [-0.2, -0.15) is 0 Å². The topological polar surface area (TPSA) is 63.0 Å². The van der Waals surface area contributed by atoms with Crippen LogP contribution in [0.25, 0.3) is 0 Å². The van der Waals surface area contributed by atoms with Crippen LogP contribution in [0.1, 0.15) is 0 Å². The number of rotatable bonds is 0. The molecule has 0 aliphatic carbocycles. The maximum absolute atomic E-state index is 0. The fraction of sp³-hybridized carbons (Fsp3) is 0. The van der Waals surface area contributed by atoms with E-state index in [-0.39, 0.29) is 44.3 Å². The van der Waals surface area contributed by atoms with Gasteiger partial charge in [-0.05, 0) is 0 Å². The molecular weight excluding hydrogens is 168 g/mol.